The fraction of sp³-hybridized carbons (Fsp3) is 0.538. The molecule has 2 aromatic carbocycles. The number of benzene rings is 2. The van der Waals surface area contributed by atoms with Gasteiger partial charge in [0.15, 0.2) is 5.71 Å². The molecule has 0 saturated heterocycles. The van der Waals surface area contributed by atoms with Gasteiger partial charge in [0.2, 0.25) is 5.69 Å². The zero-order valence-electron chi connectivity index (χ0n) is 34.2. The highest BCUT2D eigenvalue weighted by Gasteiger charge is 2.50. The van der Waals surface area contributed by atoms with E-state index in [2.05, 4.69) is 0 Å². The lowest BCUT2D eigenvalue weighted by Gasteiger charge is -2.41. The largest absolute Gasteiger partial charge is 0.481 e. The molecule has 60 heavy (non-hydrogen) atoms. The third kappa shape index (κ3) is 11.3. The monoisotopic (exact) mass is 919 g/mol. The lowest BCUT2D eigenvalue weighted by molar-refractivity contribution is -0.438. The van der Waals surface area contributed by atoms with E-state index < -0.39 is 79.2 Å². The number of carbonyl (C=O) groups is 1. The van der Waals surface area contributed by atoms with Crippen LogP contribution in [0.3, 0.4) is 0 Å². The smallest absolute Gasteiger partial charge is 0.303 e. The molecule has 17 nitrogen and oxygen atoms in total. The zero-order valence-corrected chi connectivity index (χ0v) is 37.5. The van der Waals surface area contributed by atoms with E-state index in [9.17, 15) is 62.3 Å². The molecule has 5 N–H and O–H groups in total. The Morgan fingerprint density at radius 1 is 0.817 bits per heavy atom. The van der Waals surface area contributed by atoms with E-state index in [0.717, 1.165) is 7.11 Å². The molecule has 334 valence electrons. The van der Waals surface area contributed by atoms with E-state index >= 15 is 0 Å². The number of anilines is 1. The number of hydrogen-bond donors (Lipinski definition) is 5. The van der Waals surface area contributed by atoms with Crippen molar-refractivity contribution in [2.75, 3.05) is 36.7 Å². The van der Waals surface area contributed by atoms with Crippen LogP contribution in [-0.2, 0) is 60.3 Å². The van der Waals surface area contributed by atoms with Crippen molar-refractivity contribution in [1.29, 1.82) is 0 Å². The van der Waals surface area contributed by atoms with Gasteiger partial charge in [-0.2, -0.15) is 38.2 Å². The Morgan fingerprint density at radius 3 is 1.95 bits per heavy atom. The molecule has 0 amide bonds. The molecule has 21 heteroatoms. The first-order valence-corrected chi connectivity index (χ1v) is 25.3. The maximum atomic E-state index is 12.9. The van der Waals surface area contributed by atoms with Crippen LogP contribution in [0.4, 0.5) is 11.4 Å². The van der Waals surface area contributed by atoms with Gasteiger partial charge in [0.25, 0.3) is 40.5 Å². The van der Waals surface area contributed by atoms with Crippen molar-refractivity contribution in [3.05, 3.63) is 71.5 Å². The summed E-state index contributed by atoms with van der Waals surface area (Å²) in [6, 6.07) is 8.54. The van der Waals surface area contributed by atoms with Crippen molar-refractivity contribution in [3.63, 3.8) is 0 Å². The number of fused-ring (bicyclic) bond motifs is 2. The molecule has 2 aliphatic rings. The summed E-state index contributed by atoms with van der Waals surface area (Å²) in [6.45, 7) is 7.45. The molecule has 0 aliphatic carbocycles. The topological polar surface area (TPSA) is 270 Å². The van der Waals surface area contributed by atoms with Gasteiger partial charge in [0.1, 0.15) is 6.54 Å². The summed E-state index contributed by atoms with van der Waals surface area (Å²) < 4.78 is 134. The van der Waals surface area contributed by atoms with Crippen LogP contribution in [0.5, 0.6) is 0 Å². The number of unbranched alkanes of at least 4 members (excludes halogenated alkanes) is 2. The lowest BCUT2D eigenvalue weighted by atomic mass is 9.75. The van der Waals surface area contributed by atoms with Crippen molar-refractivity contribution in [2.45, 2.75) is 112 Å². The summed E-state index contributed by atoms with van der Waals surface area (Å²) in [5.41, 5.74) is 0.213. The number of aliphatic hydroxyl groups is 1. The van der Waals surface area contributed by atoms with E-state index in [-0.39, 0.29) is 50.0 Å². The van der Waals surface area contributed by atoms with E-state index in [1.54, 1.807) is 31.2 Å². The van der Waals surface area contributed by atoms with Crippen LogP contribution in [0, 0.1) is 0 Å². The third-order valence-corrected chi connectivity index (χ3v) is 15.1. The van der Waals surface area contributed by atoms with Crippen molar-refractivity contribution in [1.82, 2.24) is 0 Å². The van der Waals surface area contributed by atoms with Gasteiger partial charge in [-0.3, -0.25) is 22.6 Å². The summed E-state index contributed by atoms with van der Waals surface area (Å²) in [7, 11) is -16.6. The van der Waals surface area contributed by atoms with Gasteiger partial charge in [-0.1, -0.05) is 6.08 Å². The second kappa shape index (κ2) is 18.4. The van der Waals surface area contributed by atoms with E-state index in [4.69, 9.17) is 4.18 Å². The van der Waals surface area contributed by atoms with Crippen molar-refractivity contribution in [2.24, 2.45) is 0 Å². The molecule has 0 spiro atoms. The second-order valence-corrected chi connectivity index (χ2v) is 22.4. The molecule has 0 bridgehead atoms. The van der Waals surface area contributed by atoms with Gasteiger partial charge in [-0.15, -0.1) is 0 Å². The quantitative estimate of drug-likeness (QED) is 0.0451. The Kier molecular flexibility index (Phi) is 15.1. The standard InChI is InChI=1S/C39H54N2O15S4/c1-37(2,21-23-42)41-33-18-16-29(60(54,55)56-5)27-31(33)39(4,20-11-25-58(48,49)50)35(41)13-9-12-34-38(3,19-10-24-57(45,46)47)30-26-28(59(51,52)53)15-17-32(30)40(34)22-8-6-7-14-36(43)44/h9,12-13,15-18,26-27,42H,6-8,10-11,14,19-25H2,1-5H3,(H3-,43,44,45,46,47,48,49,50,51,52,53)/p+1. The minimum Gasteiger partial charge on any atom is -0.481 e. The molecule has 0 saturated carbocycles. The number of carboxylic acid groups (broad SMARTS) is 1. The average Bonchev–Trinajstić information content (AvgIpc) is 3.50. The van der Waals surface area contributed by atoms with E-state index in [1.807, 2.05) is 30.2 Å². The Hall–Kier alpha value is -3.54. The Labute approximate surface area is 352 Å². The van der Waals surface area contributed by atoms with Crippen molar-refractivity contribution in [3.8, 4) is 0 Å². The molecular formula is C39H55N2O15S4+. The summed E-state index contributed by atoms with van der Waals surface area (Å²) >= 11 is 0. The number of hydrogen-bond acceptors (Lipinski definition) is 12. The van der Waals surface area contributed by atoms with Gasteiger partial charge >= 0.3 is 5.97 Å². The third-order valence-electron chi connectivity index (χ3n) is 11.4. The number of nitrogens with zero attached hydrogens (tertiary/aromatic N) is 2. The van der Waals surface area contributed by atoms with Crippen LogP contribution in [0.2, 0.25) is 0 Å². The SMILES string of the molecule is COS(=O)(=O)c1ccc2c(c1)C(C)(CCCS(=O)(=O)O)/C(=C\C=C\C1=[N+](CCCCCC(=O)O)c3ccc(S(=O)(=O)O)cc3C1(C)CCCS(=O)(=O)O)N2C(C)(C)CCO. The Balaban J connectivity index is 2.00. The van der Waals surface area contributed by atoms with Crippen LogP contribution in [0.15, 0.2) is 70.1 Å². The maximum Gasteiger partial charge on any atom is 0.303 e. The number of carboxylic acids is 1. The predicted octanol–water partition coefficient (Wildman–Crippen LogP) is 4.98. The highest BCUT2D eigenvalue weighted by molar-refractivity contribution is 7.87. The van der Waals surface area contributed by atoms with Crippen LogP contribution in [-0.4, -0.2) is 111 Å². The number of allylic oxidation sites excluding steroid dienone is 4. The van der Waals surface area contributed by atoms with Crippen LogP contribution >= 0.6 is 0 Å². The second-order valence-electron chi connectivity index (χ2n) is 16.2. The summed E-state index contributed by atoms with van der Waals surface area (Å²) in [6.07, 6.45) is 6.97. The first kappa shape index (κ1) is 49.1. The molecule has 2 unspecified atom stereocenters. The highest BCUT2D eigenvalue weighted by Crippen LogP contribution is 2.54. The van der Waals surface area contributed by atoms with Gasteiger partial charge in [0.05, 0.1) is 33.8 Å². The molecule has 4 rings (SSSR count). The summed E-state index contributed by atoms with van der Waals surface area (Å²) in [5, 5.41) is 19.3. The van der Waals surface area contributed by atoms with Crippen molar-refractivity contribution >= 4 is 63.5 Å². The summed E-state index contributed by atoms with van der Waals surface area (Å²) in [5.74, 6) is -2.12. The fourth-order valence-electron chi connectivity index (χ4n) is 8.34. The van der Waals surface area contributed by atoms with Gasteiger partial charge in [-0.05, 0) is 115 Å². The van der Waals surface area contributed by atoms with Crippen LogP contribution in [0.25, 0.3) is 0 Å². The van der Waals surface area contributed by atoms with Gasteiger partial charge < -0.3 is 15.1 Å². The van der Waals surface area contributed by atoms with E-state index in [1.165, 1.54) is 30.3 Å². The van der Waals surface area contributed by atoms with Gasteiger partial charge in [-0.25, -0.2) is 0 Å². The Morgan fingerprint density at radius 2 is 1.40 bits per heavy atom. The molecular weight excluding hydrogens is 865 g/mol. The minimum atomic E-state index is -4.68. The summed E-state index contributed by atoms with van der Waals surface area (Å²) in [4.78, 5) is 12.6. The molecule has 0 fully saturated rings. The highest BCUT2D eigenvalue weighted by atomic mass is 32.2. The molecule has 2 atom stereocenters. The number of aliphatic carboxylic acids is 1. The zero-order chi connectivity index (χ0) is 45.1. The number of aliphatic hydroxyl groups excluding tert-OH is 1. The molecule has 2 aliphatic heterocycles. The van der Waals surface area contributed by atoms with Crippen molar-refractivity contribution < 1.29 is 71.1 Å². The van der Waals surface area contributed by atoms with E-state index in [0.29, 0.717) is 59.7 Å². The predicted molar refractivity (Wildman–Crippen MR) is 224 cm³/mol. The molecule has 2 aromatic rings. The van der Waals surface area contributed by atoms with Gasteiger partial charge in [0, 0.05) is 59.5 Å². The maximum absolute atomic E-state index is 12.9. The molecule has 2 heterocycles. The van der Waals surface area contributed by atoms with Crippen LogP contribution in [0.1, 0.15) is 96.6 Å². The fourth-order valence-corrected chi connectivity index (χ4v) is 10.6. The average molecular weight is 920 g/mol. The first-order valence-electron chi connectivity index (χ1n) is 19.3. The van der Waals surface area contributed by atoms with Crippen LogP contribution < -0.4 is 4.90 Å². The Bertz CT molecular complexity index is 2510. The number of rotatable bonds is 22. The molecule has 0 radical (unpaired) electrons. The molecule has 0 aromatic heterocycles. The lowest BCUT2D eigenvalue weighted by Crippen LogP contribution is -2.45. The minimum absolute atomic E-state index is 0.0321. The normalized spacial score (nSPS) is 20.7. The first-order chi connectivity index (χ1) is 27.6.